The lowest BCUT2D eigenvalue weighted by Gasteiger charge is -2.24. The summed E-state index contributed by atoms with van der Waals surface area (Å²) in [7, 11) is -4.75. The zero-order valence-electron chi connectivity index (χ0n) is 12.2. The Morgan fingerprint density at radius 3 is 2.83 bits per heavy atom. The van der Waals surface area contributed by atoms with E-state index in [-0.39, 0.29) is 18.0 Å². The number of nitrogens with two attached hydrogens (primary N) is 1. The van der Waals surface area contributed by atoms with Crippen LogP contribution >= 0.6 is 7.60 Å². The van der Waals surface area contributed by atoms with Gasteiger partial charge in [0.05, 0.1) is 12.9 Å². The molecule has 9 nitrogen and oxygen atoms in total. The first-order chi connectivity index (χ1) is 11.3. The minimum atomic E-state index is -4.75. The fraction of sp³-hybridized carbons (Fsp3) is 0.0714. The number of imidazole rings is 1. The number of hydrogen-bond acceptors (Lipinski definition) is 7. The fourth-order valence-electron chi connectivity index (χ4n) is 2.28. The van der Waals surface area contributed by atoms with Gasteiger partial charge in [-0.15, -0.1) is 0 Å². The van der Waals surface area contributed by atoms with E-state index in [1.54, 1.807) is 28.8 Å². The highest BCUT2D eigenvalue weighted by Gasteiger charge is 2.10. The molecule has 3 rings (SSSR count). The molecule has 0 aliphatic rings. The van der Waals surface area contributed by atoms with Crippen molar-refractivity contribution in [1.29, 1.82) is 0 Å². The first kappa shape index (κ1) is 16.1. The maximum absolute atomic E-state index is 11.8. The van der Waals surface area contributed by atoms with Gasteiger partial charge in [-0.3, -0.25) is 9.78 Å². The van der Waals surface area contributed by atoms with Crippen molar-refractivity contribution < 1.29 is 14.4 Å². The second-order valence-electron chi connectivity index (χ2n) is 5.05. The molecule has 0 aliphatic carbocycles. The average Bonchev–Trinajstić information content (AvgIpc) is 2.89. The lowest BCUT2D eigenvalue weighted by atomic mass is 10.1. The molecule has 24 heavy (non-hydrogen) atoms. The standard InChI is InChI=1S/C14H14N5O4P/c15-14-17-12-11(13(20)18-14)16-8-19(12)7-10-4-2-1-3-9(10)5-6-24(21,22)23/h1-6,8H,7H2,(H2,21,22,23)(H3,15,17,18,20)/p-2/b6-5+. The Bertz CT molecular complexity index is 1030. The molecule has 0 spiro atoms. The largest absolute Gasteiger partial charge is 0.808 e. The van der Waals surface area contributed by atoms with Crippen LogP contribution in [0.4, 0.5) is 5.95 Å². The molecule has 0 unspecified atom stereocenters. The molecule has 0 bridgehead atoms. The number of aromatic amines is 1. The Morgan fingerprint density at radius 1 is 1.33 bits per heavy atom. The summed E-state index contributed by atoms with van der Waals surface area (Å²) in [6, 6.07) is 6.93. The minimum Gasteiger partial charge on any atom is -0.808 e. The predicted octanol–water partition coefficient (Wildman–Crippen LogP) is -0.366. The van der Waals surface area contributed by atoms with E-state index < -0.39 is 13.2 Å². The number of anilines is 1. The fourth-order valence-corrected chi connectivity index (χ4v) is 2.63. The summed E-state index contributed by atoms with van der Waals surface area (Å²) in [6.07, 6.45) is 2.68. The van der Waals surface area contributed by atoms with Crippen LogP contribution in [0.25, 0.3) is 17.2 Å². The first-order valence-electron chi connectivity index (χ1n) is 6.83. The summed E-state index contributed by atoms with van der Waals surface area (Å²) >= 11 is 0. The van der Waals surface area contributed by atoms with Crippen molar-refractivity contribution in [3.63, 3.8) is 0 Å². The topological polar surface area (TPSA) is 153 Å². The maximum atomic E-state index is 11.8. The molecule has 2 heterocycles. The van der Waals surface area contributed by atoms with Crippen molar-refractivity contribution in [2.24, 2.45) is 0 Å². The molecule has 0 saturated heterocycles. The van der Waals surface area contributed by atoms with E-state index in [1.165, 1.54) is 12.4 Å². The normalized spacial score (nSPS) is 12.2. The second-order valence-corrected chi connectivity index (χ2v) is 6.43. The molecule has 0 amide bonds. The number of H-pyrrole nitrogens is 1. The molecule has 0 aliphatic heterocycles. The number of hydrogen-bond donors (Lipinski definition) is 2. The molecule has 1 aromatic carbocycles. The van der Waals surface area contributed by atoms with E-state index in [0.29, 0.717) is 17.0 Å². The molecule has 0 radical (unpaired) electrons. The molecule has 3 aromatic rings. The Kier molecular flexibility index (Phi) is 4.06. The van der Waals surface area contributed by atoms with Crippen molar-refractivity contribution in [2.75, 3.05) is 5.73 Å². The molecule has 10 heteroatoms. The predicted molar refractivity (Wildman–Crippen MR) is 84.7 cm³/mol. The van der Waals surface area contributed by atoms with Crippen LogP contribution < -0.4 is 21.1 Å². The number of aromatic nitrogens is 4. The van der Waals surface area contributed by atoms with Crippen LogP contribution in [-0.2, 0) is 11.1 Å². The summed E-state index contributed by atoms with van der Waals surface area (Å²) in [6.45, 7) is 0.273. The van der Waals surface area contributed by atoms with Gasteiger partial charge in [0.25, 0.3) is 5.56 Å². The summed E-state index contributed by atoms with van der Waals surface area (Å²) in [4.78, 5) is 43.8. The van der Waals surface area contributed by atoms with E-state index in [0.717, 1.165) is 5.56 Å². The van der Waals surface area contributed by atoms with E-state index in [1.807, 2.05) is 0 Å². The third-order valence-electron chi connectivity index (χ3n) is 3.33. The van der Waals surface area contributed by atoms with Gasteiger partial charge in [-0.1, -0.05) is 36.2 Å². The van der Waals surface area contributed by atoms with Crippen LogP contribution in [0.3, 0.4) is 0 Å². The van der Waals surface area contributed by atoms with Gasteiger partial charge >= 0.3 is 0 Å². The summed E-state index contributed by atoms with van der Waals surface area (Å²) < 4.78 is 12.4. The third-order valence-corrected chi connectivity index (χ3v) is 3.84. The average molecular weight is 345 g/mol. The van der Waals surface area contributed by atoms with E-state index in [4.69, 9.17) is 5.73 Å². The summed E-state index contributed by atoms with van der Waals surface area (Å²) in [5.41, 5.74) is 6.86. The van der Waals surface area contributed by atoms with Gasteiger partial charge in [0.1, 0.15) is 0 Å². The van der Waals surface area contributed by atoms with Gasteiger partial charge < -0.3 is 24.7 Å². The highest BCUT2D eigenvalue weighted by Crippen LogP contribution is 2.27. The molecule has 124 valence electrons. The van der Waals surface area contributed by atoms with Crippen molar-refractivity contribution in [2.45, 2.75) is 6.54 Å². The van der Waals surface area contributed by atoms with E-state index in [2.05, 4.69) is 15.0 Å². The van der Waals surface area contributed by atoms with Crippen LogP contribution in [0.5, 0.6) is 0 Å². The number of rotatable bonds is 4. The van der Waals surface area contributed by atoms with E-state index in [9.17, 15) is 19.1 Å². The van der Waals surface area contributed by atoms with Crippen molar-refractivity contribution in [3.05, 3.63) is 57.9 Å². The smallest absolute Gasteiger partial charge is 0.280 e. The third kappa shape index (κ3) is 3.43. The Labute approximate surface area is 135 Å². The summed E-state index contributed by atoms with van der Waals surface area (Å²) in [5, 5.41) is 0. The quantitative estimate of drug-likeness (QED) is 0.612. The van der Waals surface area contributed by atoms with Crippen molar-refractivity contribution in [1.82, 2.24) is 19.5 Å². The van der Waals surface area contributed by atoms with Crippen molar-refractivity contribution in [3.8, 4) is 0 Å². The molecule has 0 saturated carbocycles. The van der Waals surface area contributed by atoms with Gasteiger partial charge in [0.2, 0.25) is 5.95 Å². The lowest BCUT2D eigenvalue weighted by Crippen LogP contribution is -2.12. The lowest BCUT2D eigenvalue weighted by molar-refractivity contribution is -0.308. The van der Waals surface area contributed by atoms with Crippen LogP contribution in [0, 0.1) is 0 Å². The van der Waals surface area contributed by atoms with Gasteiger partial charge in [0, 0.05) is 0 Å². The minimum absolute atomic E-state index is 0.0268. The van der Waals surface area contributed by atoms with E-state index >= 15 is 0 Å². The van der Waals surface area contributed by atoms with Gasteiger partial charge in [-0.05, 0) is 18.7 Å². The number of nitrogens with one attached hydrogen (secondary N) is 1. The number of nitrogens with zero attached hydrogens (tertiary/aromatic N) is 3. The Balaban J connectivity index is 2.02. The van der Waals surface area contributed by atoms with Crippen LogP contribution in [0.1, 0.15) is 11.1 Å². The number of benzene rings is 1. The maximum Gasteiger partial charge on any atom is 0.280 e. The van der Waals surface area contributed by atoms with Crippen molar-refractivity contribution >= 4 is 30.8 Å². The second kappa shape index (κ2) is 6.04. The van der Waals surface area contributed by atoms with Gasteiger partial charge in [0.15, 0.2) is 11.2 Å². The molecule has 0 fully saturated rings. The SMILES string of the molecule is Nc1nc2c(ncn2Cc2ccccc2/C=C/P(=O)([O-])[O-])c(=O)[nH]1. The molecular weight excluding hydrogens is 333 g/mol. The van der Waals surface area contributed by atoms with Gasteiger partial charge in [-0.2, -0.15) is 4.98 Å². The molecule has 3 N–H and O–H groups in total. The van der Waals surface area contributed by atoms with Crippen LogP contribution in [0.2, 0.25) is 0 Å². The monoisotopic (exact) mass is 345 g/mol. The molecule has 0 atom stereocenters. The highest BCUT2D eigenvalue weighted by atomic mass is 31.2. The highest BCUT2D eigenvalue weighted by molar-refractivity contribution is 7.52. The molecule has 2 aromatic heterocycles. The zero-order valence-corrected chi connectivity index (χ0v) is 13.1. The zero-order chi connectivity index (χ0) is 17.3. The Morgan fingerprint density at radius 2 is 2.08 bits per heavy atom. The molecular formula is C14H12N5O4P-2. The Hall–Kier alpha value is -2.74. The van der Waals surface area contributed by atoms with Crippen LogP contribution in [0.15, 0.2) is 41.2 Å². The number of fused-ring (bicyclic) bond motifs is 1. The van der Waals surface area contributed by atoms with Crippen LogP contribution in [-0.4, -0.2) is 19.5 Å². The van der Waals surface area contributed by atoms with Gasteiger partial charge in [-0.25, -0.2) is 4.98 Å². The summed E-state index contributed by atoms with van der Waals surface area (Å²) in [5.74, 6) is 0.597. The number of nitrogen functional groups attached to an aromatic ring is 1. The first-order valence-corrected chi connectivity index (χ1v) is 8.44.